The SMILES string of the molecule is CC(C)CP(=O)(O)CC(C)C.CC(C)CP(=O)(O)CC(C)C.CCC(O)CO. The van der Waals surface area contributed by atoms with Crippen molar-refractivity contribution in [2.24, 2.45) is 23.7 Å². The molecule has 0 bridgehead atoms. The van der Waals surface area contributed by atoms with Crippen molar-refractivity contribution in [2.45, 2.75) is 74.8 Å². The lowest BCUT2D eigenvalue weighted by molar-refractivity contribution is 0.0923. The monoisotopic (exact) mass is 446 g/mol. The predicted molar refractivity (Wildman–Crippen MR) is 122 cm³/mol. The molecule has 8 heteroatoms. The van der Waals surface area contributed by atoms with Gasteiger partial charge in [0.15, 0.2) is 0 Å². The summed E-state index contributed by atoms with van der Waals surface area (Å²) in [5.41, 5.74) is 0. The molecule has 0 aromatic carbocycles. The standard InChI is InChI=1S/2C8H19O2P.C4H10O2/c2*1-7(2)5-11(9,10)6-8(3)4;1-2-4(6)3-5/h2*7-8H,5-6H2,1-4H3,(H,9,10);4-6H,2-3H2,1H3. The van der Waals surface area contributed by atoms with Gasteiger partial charge in [0.05, 0.1) is 12.7 Å². The van der Waals surface area contributed by atoms with Crippen LogP contribution in [0.3, 0.4) is 0 Å². The summed E-state index contributed by atoms with van der Waals surface area (Å²) in [6, 6.07) is 0. The van der Waals surface area contributed by atoms with Gasteiger partial charge in [-0.3, -0.25) is 9.13 Å². The summed E-state index contributed by atoms with van der Waals surface area (Å²) >= 11 is 0. The summed E-state index contributed by atoms with van der Waals surface area (Å²) in [6.45, 7) is 17.5. The first-order valence-electron chi connectivity index (χ1n) is 10.4. The highest BCUT2D eigenvalue weighted by Crippen LogP contribution is 2.44. The number of hydrogen-bond donors (Lipinski definition) is 4. The summed E-state index contributed by atoms with van der Waals surface area (Å²) in [5.74, 6) is 1.29. The fourth-order valence-electron chi connectivity index (χ4n) is 2.56. The van der Waals surface area contributed by atoms with Gasteiger partial charge in [0, 0.05) is 24.6 Å². The molecule has 1 atom stereocenters. The Hall–Kier alpha value is 0.300. The van der Waals surface area contributed by atoms with E-state index in [1.807, 2.05) is 62.3 Å². The van der Waals surface area contributed by atoms with Crippen LogP contribution in [0.4, 0.5) is 0 Å². The van der Waals surface area contributed by atoms with Crippen LogP contribution in [0, 0.1) is 23.7 Å². The second-order valence-corrected chi connectivity index (χ2v) is 14.1. The fourth-order valence-corrected chi connectivity index (χ4v) is 7.42. The predicted octanol–water partition coefficient (Wildman–Crippen LogP) is 4.89. The van der Waals surface area contributed by atoms with Gasteiger partial charge in [-0.2, -0.15) is 0 Å². The molecule has 0 aliphatic carbocycles. The molecule has 4 N–H and O–H groups in total. The molecule has 0 saturated heterocycles. The van der Waals surface area contributed by atoms with Crippen LogP contribution in [0.1, 0.15) is 68.7 Å². The topological polar surface area (TPSA) is 115 Å². The van der Waals surface area contributed by atoms with Gasteiger partial charge in [-0.1, -0.05) is 62.3 Å². The number of hydrogen-bond acceptors (Lipinski definition) is 4. The Labute approximate surface area is 174 Å². The van der Waals surface area contributed by atoms with Gasteiger partial charge in [-0.25, -0.2) is 0 Å². The van der Waals surface area contributed by atoms with Gasteiger partial charge in [0.1, 0.15) is 0 Å². The van der Waals surface area contributed by atoms with Crippen LogP contribution in [0.15, 0.2) is 0 Å². The van der Waals surface area contributed by atoms with Crippen LogP contribution in [0.25, 0.3) is 0 Å². The van der Waals surface area contributed by atoms with Crippen molar-refractivity contribution in [3.8, 4) is 0 Å². The van der Waals surface area contributed by atoms with Crippen molar-refractivity contribution < 1.29 is 29.1 Å². The Bertz CT molecular complexity index is 382. The van der Waals surface area contributed by atoms with E-state index in [1.165, 1.54) is 0 Å². The maximum Gasteiger partial charge on any atom is 0.201 e. The van der Waals surface area contributed by atoms with Gasteiger partial charge in [0.25, 0.3) is 0 Å². The minimum Gasteiger partial charge on any atom is -0.394 e. The highest BCUT2D eigenvalue weighted by molar-refractivity contribution is 7.58. The average molecular weight is 447 g/mol. The minimum absolute atomic E-state index is 0.115. The van der Waals surface area contributed by atoms with E-state index in [1.54, 1.807) is 0 Å². The molecule has 0 radical (unpaired) electrons. The lowest BCUT2D eigenvalue weighted by Crippen LogP contribution is -2.08. The first kappa shape index (κ1) is 33.0. The highest BCUT2D eigenvalue weighted by Gasteiger charge is 2.21. The van der Waals surface area contributed by atoms with Crippen LogP contribution in [0.5, 0.6) is 0 Å². The third-order valence-electron chi connectivity index (χ3n) is 3.28. The molecule has 0 rings (SSSR count). The number of rotatable bonds is 10. The quantitative estimate of drug-likeness (QED) is 0.355. The van der Waals surface area contributed by atoms with E-state index >= 15 is 0 Å². The Morgan fingerprint density at radius 3 is 0.929 bits per heavy atom. The molecule has 0 amide bonds. The highest BCUT2D eigenvalue weighted by atomic mass is 31.2. The minimum atomic E-state index is -2.80. The van der Waals surface area contributed by atoms with Crippen LogP contribution >= 0.6 is 14.7 Å². The molecule has 28 heavy (non-hydrogen) atoms. The maximum atomic E-state index is 11.4. The van der Waals surface area contributed by atoms with Crippen LogP contribution in [-0.4, -0.2) is 57.4 Å². The molecular weight excluding hydrogens is 398 g/mol. The molecule has 0 aliphatic heterocycles. The van der Waals surface area contributed by atoms with Gasteiger partial charge in [0.2, 0.25) is 14.7 Å². The zero-order chi connectivity index (χ0) is 23.1. The van der Waals surface area contributed by atoms with Crippen molar-refractivity contribution >= 4 is 14.7 Å². The molecule has 0 saturated carbocycles. The molecule has 174 valence electrons. The second kappa shape index (κ2) is 17.0. The smallest absolute Gasteiger partial charge is 0.201 e. The lowest BCUT2D eigenvalue weighted by atomic mass is 10.3. The van der Waals surface area contributed by atoms with E-state index in [0.717, 1.165) is 0 Å². The largest absolute Gasteiger partial charge is 0.394 e. The molecule has 0 aromatic heterocycles. The fraction of sp³-hybridized carbons (Fsp3) is 1.00. The van der Waals surface area contributed by atoms with E-state index in [9.17, 15) is 18.9 Å². The van der Waals surface area contributed by atoms with Gasteiger partial charge in [-0.05, 0) is 30.1 Å². The zero-order valence-electron chi connectivity index (χ0n) is 19.6. The molecule has 0 heterocycles. The summed E-state index contributed by atoms with van der Waals surface area (Å²) in [4.78, 5) is 18.8. The van der Waals surface area contributed by atoms with E-state index in [-0.39, 0.29) is 6.61 Å². The normalized spacial score (nSPS) is 13.3. The van der Waals surface area contributed by atoms with Crippen LogP contribution < -0.4 is 0 Å². The first-order chi connectivity index (χ1) is 12.5. The van der Waals surface area contributed by atoms with Gasteiger partial charge >= 0.3 is 0 Å². The third-order valence-corrected chi connectivity index (χ3v) is 8.49. The molecular formula is C20H48O6P2. The van der Waals surface area contributed by atoms with Gasteiger partial charge < -0.3 is 20.0 Å². The van der Waals surface area contributed by atoms with Gasteiger partial charge in [-0.15, -0.1) is 0 Å². The van der Waals surface area contributed by atoms with Crippen molar-refractivity contribution in [1.82, 2.24) is 0 Å². The second-order valence-electron chi connectivity index (χ2n) is 9.24. The summed E-state index contributed by atoms with van der Waals surface area (Å²) < 4.78 is 22.8. The maximum absolute atomic E-state index is 11.4. The molecule has 0 fully saturated rings. The Morgan fingerprint density at radius 1 is 0.643 bits per heavy atom. The molecule has 0 aliphatic rings. The Morgan fingerprint density at radius 2 is 0.857 bits per heavy atom. The first-order valence-corrected chi connectivity index (χ1v) is 14.4. The van der Waals surface area contributed by atoms with Crippen molar-refractivity contribution in [1.29, 1.82) is 0 Å². The summed E-state index contributed by atoms with van der Waals surface area (Å²) in [7, 11) is -5.61. The summed E-state index contributed by atoms with van der Waals surface area (Å²) in [6.07, 6.45) is 1.98. The van der Waals surface area contributed by atoms with Crippen molar-refractivity contribution in [3.63, 3.8) is 0 Å². The van der Waals surface area contributed by atoms with Crippen LogP contribution in [-0.2, 0) is 9.13 Å². The molecule has 6 nitrogen and oxygen atoms in total. The zero-order valence-corrected chi connectivity index (χ0v) is 21.4. The Balaban J connectivity index is -0.000000351. The molecule has 1 unspecified atom stereocenters. The van der Waals surface area contributed by atoms with Crippen molar-refractivity contribution in [3.05, 3.63) is 0 Å². The molecule has 0 spiro atoms. The van der Waals surface area contributed by atoms with Crippen molar-refractivity contribution in [2.75, 3.05) is 31.3 Å². The lowest BCUT2D eigenvalue weighted by Gasteiger charge is -2.15. The third kappa shape index (κ3) is 28.5. The number of aliphatic hydroxyl groups is 2. The number of aliphatic hydroxyl groups excluding tert-OH is 2. The van der Waals surface area contributed by atoms with E-state index in [4.69, 9.17) is 10.2 Å². The van der Waals surface area contributed by atoms with E-state index in [0.29, 0.717) is 54.7 Å². The Kier molecular flexibility index (Phi) is 20.0. The van der Waals surface area contributed by atoms with E-state index < -0.39 is 20.8 Å². The van der Waals surface area contributed by atoms with Crippen LogP contribution in [0.2, 0.25) is 0 Å². The molecule has 0 aromatic rings. The summed E-state index contributed by atoms with van der Waals surface area (Å²) in [5, 5.41) is 16.5. The van der Waals surface area contributed by atoms with E-state index in [2.05, 4.69) is 0 Å². The average Bonchev–Trinajstić information content (AvgIpc) is 2.41.